The Morgan fingerprint density at radius 3 is 2.62 bits per heavy atom. The summed E-state index contributed by atoms with van der Waals surface area (Å²) in [4.78, 5) is 18.8. The van der Waals surface area contributed by atoms with Crippen LogP contribution in [0.15, 0.2) is 48.9 Å². The second-order valence-electron chi connectivity index (χ2n) is 7.82. The zero-order valence-corrected chi connectivity index (χ0v) is 17.8. The predicted octanol–water partition coefficient (Wildman–Crippen LogP) is 2.84. The third-order valence-electron chi connectivity index (χ3n) is 5.54. The number of aliphatic hydroxyl groups is 1. The molecular formula is C23H24F2N4O3. The number of nitrogens with zero attached hydrogens (tertiary/aromatic N) is 3. The van der Waals surface area contributed by atoms with Crippen molar-refractivity contribution in [3.05, 3.63) is 71.8 Å². The Labute approximate surface area is 184 Å². The number of benzene rings is 2. The SMILES string of the molecule is COc1cc(C(=O)NC2CN(c3cc(F)cc(F)c3)CCC2O)ccc1-n1cnc(C)c1. The first-order valence-electron chi connectivity index (χ1n) is 10.2. The number of anilines is 1. The second-order valence-corrected chi connectivity index (χ2v) is 7.82. The Morgan fingerprint density at radius 1 is 1.22 bits per heavy atom. The minimum Gasteiger partial charge on any atom is -0.495 e. The van der Waals surface area contributed by atoms with Crippen LogP contribution in [0, 0.1) is 18.6 Å². The Bertz CT molecular complexity index is 1110. The number of amides is 1. The molecule has 0 saturated carbocycles. The Hall–Kier alpha value is -3.46. The number of piperidine rings is 1. The van der Waals surface area contributed by atoms with Gasteiger partial charge in [-0.2, -0.15) is 0 Å². The third kappa shape index (κ3) is 4.57. The number of aryl methyl sites for hydroxylation is 1. The van der Waals surface area contributed by atoms with E-state index in [4.69, 9.17) is 4.74 Å². The summed E-state index contributed by atoms with van der Waals surface area (Å²) in [5, 5.41) is 13.2. The van der Waals surface area contributed by atoms with E-state index >= 15 is 0 Å². The number of hydrogen-bond donors (Lipinski definition) is 2. The molecule has 2 unspecified atom stereocenters. The molecule has 32 heavy (non-hydrogen) atoms. The number of nitrogens with one attached hydrogen (secondary N) is 1. The third-order valence-corrected chi connectivity index (χ3v) is 5.54. The zero-order valence-electron chi connectivity index (χ0n) is 17.8. The fourth-order valence-electron chi connectivity index (χ4n) is 3.87. The summed E-state index contributed by atoms with van der Waals surface area (Å²) < 4.78 is 34.5. The number of rotatable bonds is 5. The van der Waals surface area contributed by atoms with Gasteiger partial charge in [-0.25, -0.2) is 13.8 Å². The molecule has 0 bridgehead atoms. The molecule has 2 aromatic carbocycles. The summed E-state index contributed by atoms with van der Waals surface area (Å²) in [6, 6.07) is 7.72. The first-order valence-corrected chi connectivity index (χ1v) is 10.2. The highest BCUT2D eigenvalue weighted by atomic mass is 19.1. The molecule has 168 valence electrons. The van der Waals surface area contributed by atoms with Crippen LogP contribution >= 0.6 is 0 Å². The molecule has 2 atom stereocenters. The van der Waals surface area contributed by atoms with Crippen molar-refractivity contribution < 1.29 is 23.4 Å². The smallest absolute Gasteiger partial charge is 0.251 e. The molecule has 9 heteroatoms. The van der Waals surface area contributed by atoms with Gasteiger partial charge in [0.25, 0.3) is 5.91 Å². The zero-order chi connectivity index (χ0) is 22.8. The van der Waals surface area contributed by atoms with Crippen LogP contribution in [0.3, 0.4) is 0 Å². The molecule has 1 aromatic heterocycles. The fraction of sp³-hybridized carbons (Fsp3) is 0.304. The normalized spacial score (nSPS) is 18.5. The fourth-order valence-corrected chi connectivity index (χ4v) is 3.87. The molecule has 0 spiro atoms. The minimum atomic E-state index is -0.774. The first-order chi connectivity index (χ1) is 15.3. The van der Waals surface area contributed by atoms with Gasteiger partial charge < -0.3 is 24.6 Å². The number of hydrogen-bond acceptors (Lipinski definition) is 5. The Morgan fingerprint density at radius 2 is 1.97 bits per heavy atom. The molecule has 1 fully saturated rings. The molecular weight excluding hydrogens is 418 g/mol. The van der Waals surface area contributed by atoms with Gasteiger partial charge in [-0.15, -0.1) is 0 Å². The maximum Gasteiger partial charge on any atom is 0.251 e. The maximum absolute atomic E-state index is 13.6. The average molecular weight is 442 g/mol. The molecule has 4 rings (SSSR count). The number of halogens is 2. The van der Waals surface area contributed by atoms with Crippen LogP contribution < -0.4 is 15.0 Å². The van der Waals surface area contributed by atoms with Crippen LogP contribution in [0.4, 0.5) is 14.5 Å². The van der Waals surface area contributed by atoms with Gasteiger partial charge >= 0.3 is 0 Å². The van der Waals surface area contributed by atoms with E-state index in [-0.39, 0.29) is 12.5 Å². The van der Waals surface area contributed by atoms with E-state index in [1.165, 1.54) is 19.2 Å². The van der Waals surface area contributed by atoms with Crippen molar-refractivity contribution in [2.75, 3.05) is 25.1 Å². The second kappa shape index (κ2) is 8.96. The molecule has 1 amide bonds. The lowest BCUT2D eigenvalue weighted by molar-refractivity contribution is 0.0785. The molecule has 3 aromatic rings. The summed E-state index contributed by atoms with van der Waals surface area (Å²) in [6.45, 7) is 2.52. The highest BCUT2D eigenvalue weighted by molar-refractivity contribution is 5.95. The summed E-state index contributed by atoms with van der Waals surface area (Å²) in [6.07, 6.45) is 3.09. The molecule has 0 radical (unpaired) electrons. The van der Waals surface area contributed by atoms with Crippen LogP contribution in [0.5, 0.6) is 5.75 Å². The molecule has 7 nitrogen and oxygen atoms in total. The van der Waals surface area contributed by atoms with E-state index in [0.717, 1.165) is 17.4 Å². The summed E-state index contributed by atoms with van der Waals surface area (Å²) in [7, 11) is 1.52. The number of methoxy groups -OCH3 is 1. The lowest BCUT2D eigenvalue weighted by Crippen LogP contribution is -2.55. The van der Waals surface area contributed by atoms with Gasteiger partial charge in [0.2, 0.25) is 0 Å². The van der Waals surface area contributed by atoms with E-state index in [9.17, 15) is 18.7 Å². The monoisotopic (exact) mass is 442 g/mol. The minimum absolute atomic E-state index is 0.222. The van der Waals surface area contributed by atoms with E-state index in [0.29, 0.717) is 30.0 Å². The largest absolute Gasteiger partial charge is 0.495 e. The first kappa shape index (κ1) is 21.8. The number of imidazole rings is 1. The van der Waals surface area contributed by atoms with Crippen molar-refractivity contribution in [2.24, 2.45) is 0 Å². The van der Waals surface area contributed by atoms with Crippen LogP contribution in [0.25, 0.3) is 5.69 Å². The summed E-state index contributed by atoms with van der Waals surface area (Å²) >= 11 is 0. The van der Waals surface area contributed by atoms with Crippen molar-refractivity contribution in [2.45, 2.75) is 25.5 Å². The van der Waals surface area contributed by atoms with Crippen molar-refractivity contribution in [3.63, 3.8) is 0 Å². The summed E-state index contributed by atoms with van der Waals surface area (Å²) in [5.74, 6) is -1.23. The van der Waals surface area contributed by atoms with Crippen LogP contribution in [-0.2, 0) is 0 Å². The molecule has 2 heterocycles. The Kier molecular flexibility index (Phi) is 6.09. The molecule has 1 saturated heterocycles. The van der Waals surface area contributed by atoms with E-state index in [1.807, 2.05) is 13.1 Å². The average Bonchev–Trinajstić information content (AvgIpc) is 3.20. The maximum atomic E-state index is 13.6. The van der Waals surface area contributed by atoms with E-state index in [1.54, 1.807) is 34.0 Å². The van der Waals surface area contributed by atoms with Crippen LogP contribution in [0.1, 0.15) is 22.5 Å². The van der Waals surface area contributed by atoms with Gasteiger partial charge in [-0.3, -0.25) is 4.79 Å². The van der Waals surface area contributed by atoms with Crippen molar-refractivity contribution in [1.82, 2.24) is 14.9 Å². The number of carbonyl (C=O) groups is 1. The van der Waals surface area contributed by atoms with Gasteiger partial charge in [0.15, 0.2) is 0 Å². The highest BCUT2D eigenvalue weighted by Gasteiger charge is 2.30. The molecule has 2 N–H and O–H groups in total. The number of aliphatic hydroxyl groups excluding tert-OH is 1. The van der Waals surface area contributed by atoms with Gasteiger partial charge in [0.05, 0.1) is 37.0 Å². The van der Waals surface area contributed by atoms with Gasteiger partial charge in [-0.05, 0) is 43.7 Å². The number of aromatic nitrogens is 2. The van der Waals surface area contributed by atoms with Gasteiger partial charge in [0.1, 0.15) is 17.4 Å². The van der Waals surface area contributed by atoms with Crippen LogP contribution in [0.2, 0.25) is 0 Å². The Balaban J connectivity index is 1.51. The lowest BCUT2D eigenvalue weighted by atomic mass is 10.0. The van der Waals surface area contributed by atoms with Crippen molar-refractivity contribution in [1.29, 1.82) is 0 Å². The van der Waals surface area contributed by atoms with Crippen molar-refractivity contribution in [3.8, 4) is 11.4 Å². The van der Waals surface area contributed by atoms with Crippen molar-refractivity contribution >= 4 is 11.6 Å². The standard InChI is InChI=1S/C23H24F2N4O3/c1-14-11-29(13-26-14)20-4-3-15(7-22(20)32-2)23(31)27-19-12-28(6-5-21(19)30)18-9-16(24)8-17(25)10-18/h3-4,7-11,13,19,21,30H,5-6,12H2,1-2H3,(H,27,31). The topological polar surface area (TPSA) is 79.6 Å². The molecule has 1 aliphatic heterocycles. The number of carbonyl (C=O) groups excluding carboxylic acids is 1. The van der Waals surface area contributed by atoms with Crippen LogP contribution in [-0.4, -0.2) is 52.9 Å². The van der Waals surface area contributed by atoms with Gasteiger partial charge in [-0.1, -0.05) is 0 Å². The van der Waals surface area contributed by atoms with E-state index < -0.39 is 23.8 Å². The summed E-state index contributed by atoms with van der Waals surface area (Å²) in [5.41, 5.74) is 2.32. The quantitative estimate of drug-likeness (QED) is 0.635. The molecule has 0 aliphatic carbocycles. The van der Waals surface area contributed by atoms with E-state index in [2.05, 4.69) is 10.3 Å². The highest BCUT2D eigenvalue weighted by Crippen LogP contribution is 2.26. The lowest BCUT2D eigenvalue weighted by Gasteiger charge is -2.38. The van der Waals surface area contributed by atoms with Gasteiger partial charge in [0, 0.05) is 36.6 Å². The molecule has 1 aliphatic rings. The number of ether oxygens (including phenoxy) is 1. The predicted molar refractivity (Wildman–Crippen MR) is 115 cm³/mol.